The first-order valence-corrected chi connectivity index (χ1v) is 4.16. The van der Waals surface area contributed by atoms with Gasteiger partial charge in [0, 0.05) is 0 Å². The van der Waals surface area contributed by atoms with E-state index >= 15 is 0 Å². The van der Waals surface area contributed by atoms with E-state index in [-0.39, 0.29) is 6.10 Å². The number of hydrogen-bond acceptors (Lipinski definition) is 1. The maximum atomic E-state index is 9.45. The summed E-state index contributed by atoms with van der Waals surface area (Å²) in [6.45, 7) is 6.29. The van der Waals surface area contributed by atoms with Gasteiger partial charge in [-0.1, -0.05) is 31.6 Å². The Balaban J connectivity index is 2.69. The molecule has 1 heteroatoms. The maximum Gasteiger partial charge on any atom is 0.0932 e. The molecule has 0 spiro atoms. The van der Waals surface area contributed by atoms with Gasteiger partial charge in [0.25, 0.3) is 0 Å². The van der Waals surface area contributed by atoms with Gasteiger partial charge in [-0.15, -0.1) is 0 Å². The van der Waals surface area contributed by atoms with Crippen molar-refractivity contribution in [1.29, 1.82) is 0 Å². The number of rotatable bonds is 1. The van der Waals surface area contributed by atoms with E-state index in [9.17, 15) is 5.11 Å². The van der Waals surface area contributed by atoms with Crippen LogP contribution in [0.5, 0.6) is 0 Å². The summed E-state index contributed by atoms with van der Waals surface area (Å²) < 4.78 is 0. The minimum absolute atomic E-state index is 0.332. The van der Waals surface area contributed by atoms with E-state index in [1.165, 1.54) is 5.57 Å². The average molecular weight is 152 g/mol. The molecular weight excluding hydrogens is 136 g/mol. The number of aliphatic hydroxyl groups excluding tert-OH is 1. The number of aliphatic hydroxyl groups is 1. The van der Waals surface area contributed by atoms with Crippen LogP contribution in [0.2, 0.25) is 0 Å². The van der Waals surface area contributed by atoms with E-state index in [2.05, 4.69) is 19.9 Å². The summed E-state index contributed by atoms with van der Waals surface area (Å²) in [6.07, 6.45) is 4.77. The minimum atomic E-state index is -0.332. The lowest BCUT2D eigenvalue weighted by molar-refractivity contribution is 0.254. The van der Waals surface area contributed by atoms with E-state index in [4.69, 9.17) is 0 Å². The zero-order chi connectivity index (χ0) is 8.43. The van der Waals surface area contributed by atoms with E-state index in [0.717, 1.165) is 12.0 Å². The van der Waals surface area contributed by atoms with Crippen LogP contribution in [0.1, 0.15) is 27.2 Å². The van der Waals surface area contributed by atoms with Gasteiger partial charge in [0.05, 0.1) is 6.10 Å². The summed E-state index contributed by atoms with van der Waals surface area (Å²) in [6, 6.07) is 0. The van der Waals surface area contributed by atoms with Gasteiger partial charge in [0.15, 0.2) is 0 Å². The van der Waals surface area contributed by atoms with E-state index in [1.807, 2.05) is 13.0 Å². The van der Waals surface area contributed by atoms with E-state index < -0.39 is 0 Å². The first-order valence-electron chi connectivity index (χ1n) is 4.16. The molecule has 0 heterocycles. The highest BCUT2D eigenvalue weighted by molar-refractivity contribution is 5.26. The molecule has 0 unspecified atom stereocenters. The monoisotopic (exact) mass is 152 g/mol. The van der Waals surface area contributed by atoms with Gasteiger partial charge >= 0.3 is 0 Å². The quantitative estimate of drug-likeness (QED) is 0.571. The Kier molecular flexibility index (Phi) is 2.50. The van der Waals surface area contributed by atoms with E-state index in [1.54, 1.807) is 0 Å². The van der Waals surface area contributed by atoms with Crippen LogP contribution in [0, 0.1) is 5.92 Å². The molecule has 1 aliphatic carbocycles. The average Bonchev–Trinajstić information content (AvgIpc) is 1.94. The Morgan fingerprint density at radius 3 is 2.64 bits per heavy atom. The Morgan fingerprint density at radius 2 is 2.18 bits per heavy atom. The van der Waals surface area contributed by atoms with Crippen molar-refractivity contribution < 1.29 is 5.11 Å². The maximum absolute atomic E-state index is 9.45. The van der Waals surface area contributed by atoms with Crippen LogP contribution in [-0.2, 0) is 0 Å². The van der Waals surface area contributed by atoms with Crippen LogP contribution in [0.4, 0.5) is 0 Å². The molecule has 11 heavy (non-hydrogen) atoms. The second-order valence-corrected chi connectivity index (χ2v) is 3.49. The Hall–Kier alpha value is -0.560. The predicted molar refractivity (Wildman–Crippen MR) is 47.3 cm³/mol. The van der Waals surface area contributed by atoms with Gasteiger partial charge in [-0.2, -0.15) is 0 Å². The lowest BCUT2D eigenvalue weighted by Crippen LogP contribution is -2.11. The molecule has 0 aromatic heterocycles. The summed E-state index contributed by atoms with van der Waals surface area (Å²) in [4.78, 5) is 0. The van der Waals surface area contributed by atoms with Crippen LogP contribution >= 0.6 is 0 Å². The van der Waals surface area contributed by atoms with Gasteiger partial charge in [-0.3, -0.25) is 0 Å². The van der Waals surface area contributed by atoms with Crippen LogP contribution in [0.25, 0.3) is 0 Å². The topological polar surface area (TPSA) is 20.2 Å². The van der Waals surface area contributed by atoms with Crippen molar-refractivity contribution in [3.63, 3.8) is 0 Å². The van der Waals surface area contributed by atoms with Crippen molar-refractivity contribution in [3.8, 4) is 0 Å². The normalized spacial score (nSPS) is 25.0. The molecule has 1 N–H and O–H groups in total. The molecule has 1 atom stereocenters. The van der Waals surface area contributed by atoms with Crippen molar-refractivity contribution in [3.05, 3.63) is 23.3 Å². The zero-order valence-corrected chi connectivity index (χ0v) is 7.46. The third kappa shape index (κ3) is 1.93. The van der Waals surface area contributed by atoms with Crippen LogP contribution < -0.4 is 0 Å². The van der Waals surface area contributed by atoms with Crippen molar-refractivity contribution in [2.75, 3.05) is 0 Å². The summed E-state index contributed by atoms with van der Waals surface area (Å²) in [5.74, 6) is 0.564. The number of hydrogen-bond donors (Lipinski definition) is 1. The minimum Gasteiger partial charge on any atom is -0.385 e. The van der Waals surface area contributed by atoms with Crippen LogP contribution in [-0.4, -0.2) is 11.2 Å². The molecule has 0 bridgehead atoms. The Morgan fingerprint density at radius 1 is 1.55 bits per heavy atom. The van der Waals surface area contributed by atoms with E-state index in [0.29, 0.717) is 5.92 Å². The van der Waals surface area contributed by atoms with Gasteiger partial charge in [0.1, 0.15) is 0 Å². The predicted octanol–water partition coefficient (Wildman–Crippen LogP) is 2.28. The highest BCUT2D eigenvalue weighted by Crippen LogP contribution is 2.22. The second-order valence-electron chi connectivity index (χ2n) is 3.49. The standard InChI is InChI=1S/C10H16O/c1-7(2)9-5-4-8(3)10(11)6-9/h4,6-7,10-11H,5H2,1-3H3/t10-/m1/s1. The first kappa shape index (κ1) is 8.54. The fraction of sp³-hybridized carbons (Fsp3) is 0.600. The van der Waals surface area contributed by atoms with Gasteiger partial charge in [-0.05, 0) is 24.8 Å². The fourth-order valence-electron chi connectivity index (χ4n) is 1.23. The SMILES string of the molecule is CC1=CCC(C(C)C)=C[C@H]1O. The van der Waals surface area contributed by atoms with Crippen molar-refractivity contribution in [2.24, 2.45) is 5.92 Å². The molecule has 1 nitrogen and oxygen atoms in total. The van der Waals surface area contributed by atoms with Crippen molar-refractivity contribution in [1.82, 2.24) is 0 Å². The Labute approximate surface area is 68.4 Å². The molecule has 0 fully saturated rings. The molecule has 0 aromatic rings. The molecule has 0 saturated heterocycles. The third-order valence-electron chi connectivity index (χ3n) is 2.24. The van der Waals surface area contributed by atoms with Crippen molar-refractivity contribution in [2.45, 2.75) is 33.3 Å². The highest BCUT2D eigenvalue weighted by atomic mass is 16.3. The molecule has 0 amide bonds. The first-order chi connectivity index (χ1) is 5.11. The lowest BCUT2D eigenvalue weighted by Gasteiger charge is -2.18. The molecule has 1 aliphatic rings. The fourth-order valence-corrected chi connectivity index (χ4v) is 1.23. The van der Waals surface area contributed by atoms with Crippen LogP contribution in [0.3, 0.4) is 0 Å². The van der Waals surface area contributed by atoms with Gasteiger partial charge in [0.2, 0.25) is 0 Å². The molecule has 62 valence electrons. The van der Waals surface area contributed by atoms with Crippen molar-refractivity contribution >= 4 is 0 Å². The highest BCUT2D eigenvalue weighted by Gasteiger charge is 2.12. The molecule has 0 radical (unpaired) electrons. The summed E-state index contributed by atoms with van der Waals surface area (Å²) in [7, 11) is 0. The van der Waals surface area contributed by atoms with Gasteiger partial charge in [-0.25, -0.2) is 0 Å². The largest absolute Gasteiger partial charge is 0.385 e. The van der Waals surface area contributed by atoms with Gasteiger partial charge < -0.3 is 5.11 Å². The molecule has 0 saturated carbocycles. The molecule has 1 rings (SSSR count). The Bertz CT molecular complexity index is 199. The molecular formula is C10H16O. The summed E-state index contributed by atoms with van der Waals surface area (Å²) in [5, 5.41) is 9.45. The zero-order valence-electron chi connectivity index (χ0n) is 7.46. The second kappa shape index (κ2) is 3.22. The molecule has 0 aromatic carbocycles. The summed E-state index contributed by atoms with van der Waals surface area (Å²) >= 11 is 0. The third-order valence-corrected chi connectivity index (χ3v) is 2.24. The lowest BCUT2D eigenvalue weighted by atomic mass is 9.91. The molecule has 0 aliphatic heterocycles. The van der Waals surface area contributed by atoms with Crippen LogP contribution in [0.15, 0.2) is 23.3 Å². The summed E-state index contributed by atoms with van der Waals surface area (Å²) in [5.41, 5.74) is 2.43. The number of allylic oxidation sites excluding steroid dienone is 2. The smallest absolute Gasteiger partial charge is 0.0932 e.